The summed E-state index contributed by atoms with van der Waals surface area (Å²) in [7, 11) is 0. The molecule has 0 unspecified atom stereocenters. The molecule has 0 aromatic heterocycles. The molecule has 122 valence electrons. The normalized spacial score (nSPS) is 10.4. The van der Waals surface area contributed by atoms with Crippen LogP contribution in [0.3, 0.4) is 0 Å². The van der Waals surface area contributed by atoms with Crippen LogP contribution in [0.25, 0.3) is 0 Å². The molecular formula is C20H17ClFNO. The van der Waals surface area contributed by atoms with Gasteiger partial charge in [0.05, 0.1) is 5.69 Å². The minimum absolute atomic E-state index is 0.317. The van der Waals surface area contributed by atoms with Gasteiger partial charge >= 0.3 is 0 Å². The quantitative estimate of drug-likeness (QED) is 0.623. The van der Waals surface area contributed by atoms with E-state index in [9.17, 15) is 4.39 Å². The number of anilines is 1. The maximum Gasteiger partial charge on any atom is 0.146 e. The molecule has 0 aliphatic rings. The van der Waals surface area contributed by atoms with Crippen molar-refractivity contribution in [1.82, 2.24) is 0 Å². The maximum atomic E-state index is 13.7. The van der Waals surface area contributed by atoms with Crippen LogP contribution in [0.15, 0.2) is 72.8 Å². The lowest BCUT2D eigenvalue weighted by atomic mass is 10.2. The standard InChI is InChI=1S/C20H17ClFNO/c21-17-8-11-19(22)20(12-17)23-13-15-6-9-18(10-7-15)24-14-16-4-2-1-3-5-16/h1-12,23H,13-14H2. The zero-order valence-corrected chi connectivity index (χ0v) is 13.8. The smallest absolute Gasteiger partial charge is 0.146 e. The summed E-state index contributed by atoms with van der Waals surface area (Å²) in [5.41, 5.74) is 2.55. The molecule has 0 bridgehead atoms. The van der Waals surface area contributed by atoms with Crippen LogP contribution >= 0.6 is 11.6 Å². The van der Waals surface area contributed by atoms with E-state index in [0.717, 1.165) is 16.9 Å². The van der Waals surface area contributed by atoms with E-state index in [4.69, 9.17) is 16.3 Å². The Kier molecular flexibility index (Phi) is 5.34. The Morgan fingerprint density at radius 2 is 1.62 bits per heavy atom. The average molecular weight is 342 g/mol. The number of halogens is 2. The van der Waals surface area contributed by atoms with Crippen LogP contribution in [0.2, 0.25) is 5.02 Å². The molecule has 0 fully saturated rings. The van der Waals surface area contributed by atoms with Gasteiger partial charge in [0.15, 0.2) is 0 Å². The monoisotopic (exact) mass is 341 g/mol. The predicted molar refractivity (Wildman–Crippen MR) is 96.0 cm³/mol. The lowest BCUT2D eigenvalue weighted by molar-refractivity contribution is 0.306. The largest absolute Gasteiger partial charge is 0.489 e. The maximum absolute atomic E-state index is 13.7. The molecule has 0 radical (unpaired) electrons. The third kappa shape index (κ3) is 4.49. The first-order valence-corrected chi connectivity index (χ1v) is 8.03. The van der Waals surface area contributed by atoms with Gasteiger partial charge in [-0.25, -0.2) is 4.39 Å². The van der Waals surface area contributed by atoms with Gasteiger partial charge in [-0.2, -0.15) is 0 Å². The zero-order valence-electron chi connectivity index (χ0n) is 13.0. The summed E-state index contributed by atoms with van der Waals surface area (Å²) < 4.78 is 19.4. The van der Waals surface area contributed by atoms with Gasteiger partial charge in [0, 0.05) is 11.6 Å². The first kappa shape index (κ1) is 16.3. The lowest BCUT2D eigenvalue weighted by Gasteiger charge is -2.10. The highest BCUT2D eigenvalue weighted by atomic mass is 35.5. The van der Waals surface area contributed by atoms with Crippen molar-refractivity contribution in [3.63, 3.8) is 0 Å². The Morgan fingerprint density at radius 3 is 2.38 bits per heavy atom. The third-order valence-corrected chi connectivity index (χ3v) is 3.82. The van der Waals surface area contributed by atoms with Crippen molar-refractivity contribution in [1.29, 1.82) is 0 Å². The third-order valence-electron chi connectivity index (χ3n) is 3.58. The molecule has 2 nitrogen and oxygen atoms in total. The van der Waals surface area contributed by atoms with Gasteiger partial charge in [-0.15, -0.1) is 0 Å². The topological polar surface area (TPSA) is 21.3 Å². The first-order valence-electron chi connectivity index (χ1n) is 7.65. The minimum Gasteiger partial charge on any atom is -0.489 e. The Hall–Kier alpha value is -2.52. The molecule has 3 rings (SSSR count). The van der Waals surface area contributed by atoms with Crippen molar-refractivity contribution in [2.45, 2.75) is 13.2 Å². The molecule has 1 N–H and O–H groups in total. The van der Waals surface area contributed by atoms with Crippen LogP contribution < -0.4 is 10.1 Å². The molecule has 3 aromatic carbocycles. The highest BCUT2D eigenvalue weighted by molar-refractivity contribution is 6.30. The fraction of sp³-hybridized carbons (Fsp3) is 0.100. The molecule has 24 heavy (non-hydrogen) atoms. The van der Waals surface area contributed by atoms with Crippen LogP contribution in [0.5, 0.6) is 5.75 Å². The van der Waals surface area contributed by atoms with Crippen LogP contribution in [0.1, 0.15) is 11.1 Å². The molecule has 0 saturated carbocycles. The van der Waals surface area contributed by atoms with Crippen molar-refractivity contribution in [2.75, 3.05) is 5.32 Å². The molecule has 4 heteroatoms. The van der Waals surface area contributed by atoms with E-state index in [-0.39, 0.29) is 5.82 Å². The number of nitrogens with one attached hydrogen (secondary N) is 1. The molecule has 0 amide bonds. The predicted octanol–water partition coefficient (Wildman–Crippen LogP) is 5.67. The van der Waals surface area contributed by atoms with Crippen LogP contribution in [0.4, 0.5) is 10.1 Å². The van der Waals surface area contributed by atoms with Gasteiger partial charge < -0.3 is 10.1 Å². The second-order valence-electron chi connectivity index (χ2n) is 5.40. The van der Waals surface area contributed by atoms with Crippen LogP contribution in [-0.2, 0) is 13.2 Å². The van der Waals surface area contributed by atoms with E-state index in [1.54, 1.807) is 6.07 Å². The van der Waals surface area contributed by atoms with Gasteiger partial charge in [0.1, 0.15) is 18.2 Å². The molecule has 0 atom stereocenters. The highest BCUT2D eigenvalue weighted by Crippen LogP contribution is 2.21. The van der Waals surface area contributed by atoms with E-state index < -0.39 is 0 Å². The molecule has 0 heterocycles. The summed E-state index contributed by atoms with van der Waals surface area (Å²) in [5, 5.41) is 3.55. The first-order chi connectivity index (χ1) is 11.7. The molecule has 0 saturated heterocycles. The highest BCUT2D eigenvalue weighted by Gasteiger charge is 2.03. The molecule has 0 aliphatic carbocycles. The molecule has 3 aromatic rings. The summed E-state index contributed by atoms with van der Waals surface area (Å²) in [4.78, 5) is 0. The van der Waals surface area contributed by atoms with E-state index in [0.29, 0.717) is 23.9 Å². The number of ether oxygens (including phenoxy) is 1. The van der Waals surface area contributed by atoms with Crippen LogP contribution in [-0.4, -0.2) is 0 Å². The number of benzene rings is 3. The van der Waals surface area contributed by atoms with Gasteiger partial charge in [-0.3, -0.25) is 0 Å². The number of hydrogen-bond donors (Lipinski definition) is 1. The van der Waals surface area contributed by atoms with Crippen molar-refractivity contribution in [3.8, 4) is 5.75 Å². The van der Waals surface area contributed by atoms with Gasteiger partial charge in [-0.05, 0) is 41.5 Å². The summed E-state index contributed by atoms with van der Waals surface area (Å²) in [6.07, 6.45) is 0. The van der Waals surface area contributed by atoms with Crippen molar-refractivity contribution in [2.24, 2.45) is 0 Å². The van der Waals surface area contributed by atoms with Gasteiger partial charge in [0.2, 0.25) is 0 Å². The molecular weight excluding hydrogens is 325 g/mol. The summed E-state index contributed by atoms with van der Waals surface area (Å²) in [5.74, 6) is 0.485. The Morgan fingerprint density at radius 1 is 0.875 bits per heavy atom. The van der Waals surface area contributed by atoms with Gasteiger partial charge in [0.25, 0.3) is 0 Å². The summed E-state index contributed by atoms with van der Waals surface area (Å²) in [6, 6.07) is 22.2. The van der Waals surface area contributed by atoms with Crippen molar-refractivity contribution < 1.29 is 9.13 Å². The van der Waals surface area contributed by atoms with E-state index in [2.05, 4.69) is 5.32 Å². The van der Waals surface area contributed by atoms with E-state index in [1.807, 2.05) is 54.6 Å². The lowest BCUT2D eigenvalue weighted by Crippen LogP contribution is -2.01. The van der Waals surface area contributed by atoms with Crippen LogP contribution in [0, 0.1) is 5.82 Å². The van der Waals surface area contributed by atoms with E-state index in [1.165, 1.54) is 12.1 Å². The van der Waals surface area contributed by atoms with Crippen molar-refractivity contribution >= 4 is 17.3 Å². The Labute approximate surface area is 145 Å². The SMILES string of the molecule is Fc1ccc(Cl)cc1NCc1ccc(OCc2ccccc2)cc1. The molecule has 0 aliphatic heterocycles. The fourth-order valence-corrected chi connectivity index (χ4v) is 2.45. The number of hydrogen-bond acceptors (Lipinski definition) is 2. The summed E-state index contributed by atoms with van der Waals surface area (Å²) >= 11 is 5.88. The second kappa shape index (κ2) is 7.84. The second-order valence-corrected chi connectivity index (χ2v) is 5.83. The fourth-order valence-electron chi connectivity index (χ4n) is 2.27. The zero-order chi connectivity index (χ0) is 16.8. The average Bonchev–Trinajstić information content (AvgIpc) is 2.62. The Bertz CT molecular complexity index is 790. The Balaban J connectivity index is 1.55. The molecule has 0 spiro atoms. The number of rotatable bonds is 6. The minimum atomic E-state index is -0.317. The van der Waals surface area contributed by atoms with E-state index >= 15 is 0 Å². The summed E-state index contributed by atoms with van der Waals surface area (Å²) in [6.45, 7) is 1.04. The van der Waals surface area contributed by atoms with Gasteiger partial charge in [-0.1, -0.05) is 54.1 Å². The van der Waals surface area contributed by atoms with Crippen molar-refractivity contribution in [3.05, 3.63) is 94.8 Å².